The first-order valence-corrected chi connectivity index (χ1v) is 10.4. The summed E-state index contributed by atoms with van der Waals surface area (Å²) < 4.78 is 16.5. The number of nitrogens with zero attached hydrogens (tertiary/aromatic N) is 1. The Hall–Kier alpha value is -3.58. The molecule has 0 aliphatic carbocycles. The minimum absolute atomic E-state index is 0.0856. The van der Waals surface area contributed by atoms with Gasteiger partial charge in [0.25, 0.3) is 0 Å². The molecule has 158 valence electrons. The molecule has 4 aromatic rings. The van der Waals surface area contributed by atoms with E-state index in [9.17, 15) is 4.79 Å². The molecule has 0 fully saturated rings. The Morgan fingerprint density at radius 1 is 0.935 bits per heavy atom. The smallest absolute Gasteiger partial charge is 0.203 e. The second-order valence-corrected chi connectivity index (χ2v) is 7.92. The van der Waals surface area contributed by atoms with Gasteiger partial charge < -0.3 is 19.9 Å². The second-order valence-electron chi connectivity index (χ2n) is 6.92. The number of thiophene rings is 1. The molecule has 2 heterocycles. The third-order valence-electron chi connectivity index (χ3n) is 5.06. The third kappa shape index (κ3) is 3.57. The van der Waals surface area contributed by atoms with Crippen LogP contribution in [-0.4, -0.2) is 32.1 Å². The predicted octanol–water partition coefficient (Wildman–Crippen LogP) is 5.44. The van der Waals surface area contributed by atoms with E-state index in [0.29, 0.717) is 32.6 Å². The fraction of sp³-hybridized carbons (Fsp3) is 0.167. The van der Waals surface area contributed by atoms with E-state index in [2.05, 4.69) is 0 Å². The molecule has 0 bridgehead atoms. The van der Waals surface area contributed by atoms with Gasteiger partial charge in [0, 0.05) is 17.9 Å². The van der Waals surface area contributed by atoms with Crippen LogP contribution < -0.4 is 19.9 Å². The van der Waals surface area contributed by atoms with Crippen molar-refractivity contribution in [3.05, 3.63) is 53.4 Å². The Bertz CT molecular complexity index is 1260. The number of benzene rings is 2. The molecule has 6 nitrogen and oxygen atoms in total. The summed E-state index contributed by atoms with van der Waals surface area (Å²) in [6, 6.07) is 15.6. The normalized spacial score (nSPS) is 10.8. The van der Waals surface area contributed by atoms with Crippen molar-refractivity contribution in [2.24, 2.45) is 0 Å². The summed E-state index contributed by atoms with van der Waals surface area (Å²) >= 11 is 1.30. The van der Waals surface area contributed by atoms with E-state index in [1.165, 1.54) is 18.3 Å². The average Bonchev–Trinajstić information content (AvgIpc) is 3.14. The number of pyridine rings is 1. The van der Waals surface area contributed by atoms with Crippen LogP contribution in [0.1, 0.15) is 16.6 Å². The van der Waals surface area contributed by atoms with E-state index in [4.69, 9.17) is 24.9 Å². The third-order valence-corrected chi connectivity index (χ3v) is 6.26. The Kier molecular flexibility index (Phi) is 5.52. The monoisotopic (exact) mass is 434 g/mol. The van der Waals surface area contributed by atoms with Crippen LogP contribution in [0.5, 0.6) is 17.2 Å². The minimum atomic E-state index is -0.0856. The van der Waals surface area contributed by atoms with E-state index in [1.54, 1.807) is 21.3 Å². The molecule has 31 heavy (non-hydrogen) atoms. The van der Waals surface area contributed by atoms with Gasteiger partial charge in [0.2, 0.25) is 5.75 Å². The number of methoxy groups -OCH3 is 3. The van der Waals surface area contributed by atoms with Crippen LogP contribution in [0, 0.1) is 0 Å². The van der Waals surface area contributed by atoms with Crippen molar-refractivity contribution in [2.75, 3.05) is 27.1 Å². The van der Waals surface area contributed by atoms with Gasteiger partial charge in [0.05, 0.1) is 37.6 Å². The zero-order valence-electron chi connectivity index (χ0n) is 17.7. The van der Waals surface area contributed by atoms with Crippen molar-refractivity contribution < 1.29 is 19.0 Å². The lowest BCUT2D eigenvalue weighted by Crippen LogP contribution is -1.97. The maximum atomic E-state index is 12.2. The van der Waals surface area contributed by atoms with Crippen LogP contribution in [0.25, 0.3) is 32.6 Å². The highest BCUT2D eigenvalue weighted by Crippen LogP contribution is 2.46. The van der Waals surface area contributed by atoms with Crippen LogP contribution in [-0.2, 0) is 0 Å². The van der Waals surface area contributed by atoms with Crippen molar-refractivity contribution in [3.63, 3.8) is 0 Å². The molecule has 0 unspecified atom stereocenters. The molecule has 0 saturated heterocycles. The van der Waals surface area contributed by atoms with Gasteiger partial charge in [-0.25, -0.2) is 4.98 Å². The van der Waals surface area contributed by atoms with Gasteiger partial charge in [0.1, 0.15) is 4.83 Å². The van der Waals surface area contributed by atoms with Crippen LogP contribution >= 0.6 is 11.3 Å². The van der Waals surface area contributed by atoms with Gasteiger partial charge in [-0.1, -0.05) is 30.3 Å². The number of ether oxygens (including phenoxy) is 3. The first-order chi connectivity index (χ1) is 15.0. The lowest BCUT2D eigenvalue weighted by atomic mass is 9.98. The summed E-state index contributed by atoms with van der Waals surface area (Å²) in [5.41, 5.74) is 10.3. The molecule has 0 aliphatic heterocycles. The quantitative estimate of drug-likeness (QED) is 0.407. The molecular formula is C24H22N2O4S. The van der Waals surface area contributed by atoms with Crippen LogP contribution in [0.2, 0.25) is 0 Å². The Balaban J connectivity index is 2.08. The maximum absolute atomic E-state index is 12.2. The number of nitrogens with two attached hydrogens (primary N) is 1. The molecule has 0 spiro atoms. The zero-order valence-corrected chi connectivity index (χ0v) is 18.5. The van der Waals surface area contributed by atoms with Gasteiger partial charge in [-0.3, -0.25) is 4.79 Å². The first-order valence-electron chi connectivity index (χ1n) is 9.58. The molecule has 0 atom stereocenters. The van der Waals surface area contributed by atoms with Gasteiger partial charge in [-0.05, 0) is 29.3 Å². The largest absolute Gasteiger partial charge is 0.493 e. The number of carbonyl (C=O) groups excluding carboxylic acids is 1. The van der Waals surface area contributed by atoms with Crippen LogP contribution in [0.4, 0.5) is 5.69 Å². The number of fused-ring (bicyclic) bond motifs is 1. The fourth-order valence-corrected chi connectivity index (χ4v) is 4.62. The van der Waals surface area contributed by atoms with E-state index in [1.807, 2.05) is 48.5 Å². The summed E-state index contributed by atoms with van der Waals surface area (Å²) in [7, 11) is 4.71. The molecular weight excluding hydrogens is 412 g/mol. The number of aromatic nitrogens is 1. The highest BCUT2D eigenvalue weighted by atomic mass is 32.1. The number of carbonyl (C=O) groups is 1. The zero-order chi connectivity index (χ0) is 22.1. The lowest BCUT2D eigenvalue weighted by molar-refractivity contribution is 0.102. The lowest BCUT2D eigenvalue weighted by Gasteiger charge is -2.15. The predicted molar refractivity (Wildman–Crippen MR) is 125 cm³/mol. The first kappa shape index (κ1) is 20.7. The number of anilines is 1. The van der Waals surface area contributed by atoms with Crippen LogP contribution in [0.15, 0.2) is 48.5 Å². The SMILES string of the molecule is COc1cc(-c2cc(-c3ccccc3)nc3sc(C(C)=O)c(N)c23)cc(OC)c1OC. The Labute approximate surface area is 184 Å². The number of rotatable bonds is 6. The molecule has 4 rings (SSSR count). The molecule has 2 N–H and O–H groups in total. The van der Waals surface area contributed by atoms with Crippen molar-refractivity contribution in [3.8, 4) is 39.6 Å². The Morgan fingerprint density at radius 3 is 2.13 bits per heavy atom. The summed E-state index contributed by atoms with van der Waals surface area (Å²) in [4.78, 5) is 18.2. The minimum Gasteiger partial charge on any atom is -0.493 e. The fourth-order valence-electron chi connectivity index (χ4n) is 3.60. The number of Topliss-reactive ketones (excluding diaryl/α,β-unsaturated/α-hetero) is 1. The molecule has 0 radical (unpaired) electrons. The molecule has 0 amide bonds. The molecule has 2 aromatic carbocycles. The van der Waals surface area contributed by atoms with Crippen molar-refractivity contribution in [1.29, 1.82) is 0 Å². The summed E-state index contributed by atoms with van der Waals surface area (Å²) in [6.07, 6.45) is 0. The number of nitrogen functional groups attached to an aromatic ring is 1. The standard InChI is InChI=1S/C24H22N2O4S/c1-13(27)23-21(25)20-16(15-10-18(28-2)22(30-4)19(11-15)29-3)12-17(26-24(20)31-23)14-8-6-5-7-9-14/h5-12H,25H2,1-4H3. The van der Waals surface area contributed by atoms with E-state index in [-0.39, 0.29) is 5.78 Å². The topological polar surface area (TPSA) is 83.7 Å². The molecule has 0 aliphatic rings. The van der Waals surface area contributed by atoms with E-state index in [0.717, 1.165) is 27.8 Å². The number of hydrogen-bond donors (Lipinski definition) is 1. The molecule has 0 saturated carbocycles. The summed E-state index contributed by atoms with van der Waals surface area (Å²) in [5.74, 6) is 1.48. The van der Waals surface area contributed by atoms with Gasteiger partial charge >= 0.3 is 0 Å². The summed E-state index contributed by atoms with van der Waals surface area (Å²) in [6.45, 7) is 1.51. The Morgan fingerprint density at radius 2 is 1.58 bits per heavy atom. The van der Waals surface area contributed by atoms with Crippen molar-refractivity contribution >= 4 is 33.0 Å². The summed E-state index contributed by atoms with van der Waals surface area (Å²) in [5, 5.41) is 0.740. The maximum Gasteiger partial charge on any atom is 0.203 e. The number of hydrogen-bond acceptors (Lipinski definition) is 7. The van der Waals surface area contributed by atoms with Gasteiger partial charge in [-0.15, -0.1) is 11.3 Å². The van der Waals surface area contributed by atoms with Gasteiger partial charge in [0.15, 0.2) is 17.3 Å². The molecule has 2 aromatic heterocycles. The van der Waals surface area contributed by atoms with Gasteiger partial charge in [-0.2, -0.15) is 0 Å². The average molecular weight is 435 g/mol. The highest BCUT2D eigenvalue weighted by molar-refractivity contribution is 7.21. The van der Waals surface area contributed by atoms with Crippen molar-refractivity contribution in [1.82, 2.24) is 4.98 Å². The van der Waals surface area contributed by atoms with E-state index >= 15 is 0 Å². The highest BCUT2D eigenvalue weighted by Gasteiger charge is 2.22. The van der Waals surface area contributed by atoms with E-state index < -0.39 is 0 Å². The second kappa shape index (κ2) is 8.28. The molecule has 7 heteroatoms. The van der Waals surface area contributed by atoms with Crippen molar-refractivity contribution in [2.45, 2.75) is 6.92 Å². The number of ketones is 1. The van der Waals surface area contributed by atoms with Crippen LogP contribution in [0.3, 0.4) is 0 Å².